The van der Waals surface area contributed by atoms with E-state index in [1.165, 1.54) is 18.2 Å². The van der Waals surface area contributed by atoms with Gasteiger partial charge >= 0.3 is 16.2 Å². The van der Waals surface area contributed by atoms with Gasteiger partial charge in [-0.2, -0.15) is 12.7 Å². The Kier molecular flexibility index (Phi) is 22.0. The lowest BCUT2D eigenvalue weighted by molar-refractivity contribution is -0.155. The zero-order valence-corrected chi connectivity index (χ0v) is 54.3. The van der Waals surface area contributed by atoms with Crippen LogP contribution in [0.1, 0.15) is 73.6 Å². The minimum absolute atomic E-state index is 0.00201. The van der Waals surface area contributed by atoms with Gasteiger partial charge in [-0.05, 0) is 84.5 Å². The molecule has 10 rings (SSSR count). The van der Waals surface area contributed by atoms with Gasteiger partial charge in [-0.15, -0.1) is 11.3 Å². The standard InChI is InChI=1S/C65H79F3N12O11S2/c1-40-60(92-39-73-40)44-8-6-41(7-9-44)30-72-63(85)53-29-48(91-56(83)38-90-37-55(82)69-19-27-89-5)35-80(53)64(86)61(65(2,3)4)74-54(81)36-77-25-23-76(24-26-77)33-42-16-20-78(21-17-42)47-12-10-43(11-13-47)45-28-49-50(32-71-62(49)70-31-45)59(84)57-51(67)14-15-52(58(57)68)75-93(87,88)79-22-18-46(66)34-79/h6-15,28,31-32,39,42,46,48,53,61,75H,16-27,29-30,33-38H2,1-5H3,(H,69,82)(H,70,71)(H,72,85)(H,74,81)/t46-,48-,53+,61-/m1/s1. The number of fused-ring (bicyclic) bond motifs is 1. The number of ether oxygens (including phenoxy) is 3. The van der Waals surface area contributed by atoms with Gasteiger partial charge in [-0.25, -0.2) is 27.9 Å². The molecule has 23 nitrogen and oxygen atoms in total. The van der Waals surface area contributed by atoms with Crippen LogP contribution in [0, 0.1) is 29.9 Å². The van der Waals surface area contributed by atoms with Crippen molar-refractivity contribution in [1.82, 2.24) is 49.9 Å². The van der Waals surface area contributed by atoms with E-state index in [2.05, 4.69) is 45.6 Å². The number of hydrogen-bond acceptors (Lipinski definition) is 17. The van der Waals surface area contributed by atoms with Crippen molar-refractivity contribution in [3.8, 4) is 21.6 Å². The number of ketones is 1. The Hall–Kier alpha value is -7.86. The Morgan fingerprint density at radius 3 is 2.23 bits per heavy atom. The van der Waals surface area contributed by atoms with Crippen LogP contribution in [-0.4, -0.2) is 208 Å². The SMILES string of the molecule is COCCNC(=O)COCC(=O)O[C@@H]1C[C@@H](C(=O)NCc2ccc(-c3scnc3C)cc2)N(C(=O)[C@@H](NC(=O)CN2CCN(CC3CCN(c4ccc(-c5cnc6[nH]cc(C(=O)c7c(F)ccc(NS(=O)(=O)N8CC[C@@H](F)C8)c7F)c6c5)cc4)CC3)CC2)C(C)(C)C)C1. The molecule has 7 heterocycles. The molecule has 3 aromatic heterocycles. The summed E-state index contributed by atoms with van der Waals surface area (Å²) in [5.41, 5.74) is 4.87. The number of aromatic amines is 1. The Morgan fingerprint density at radius 1 is 0.828 bits per heavy atom. The monoisotopic (exact) mass is 1320 g/mol. The van der Waals surface area contributed by atoms with Crippen molar-refractivity contribution in [3.05, 3.63) is 119 Å². The summed E-state index contributed by atoms with van der Waals surface area (Å²) in [6.45, 7) is 12.2. The normalized spacial score (nSPS) is 19.0. The highest BCUT2D eigenvalue weighted by molar-refractivity contribution is 7.90. The van der Waals surface area contributed by atoms with Crippen LogP contribution < -0.4 is 25.6 Å². The van der Waals surface area contributed by atoms with Crippen molar-refractivity contribution in [1.29, 1.82) is 0 Å². The number of benzene rings is 3. The molecule has 0 bridgehead atoms. The third kappa shape index (κ3) is 16.9. The first-order valence-electron chi connectivity index (χ1n) is 31.1. The number of piperidine rings is 1. The van der Waals surface area contributed by atoms with Gasteiger partial charge in [0.05, 0.1) is 47.0 Å². The number of H-pyrrole nitrogens is 1. The highest BCUT2D eigenvalue weighted by Gasteiger charge is 2.46. The number of hydrogen-bond donors (Lipinski definition) is 5. The molecule has 5 N–H and O–H groups in total. The summed E-state index contributed by atoms with van der Waals surface area (Å²) in [5.74, 6) is -5.63. The average Bonchev–Trinajstić information content (AvgIpc) is 1.74. The number of alkyl halides is 1. The van der Waals surface area contributed by atoms with Crippen molar-refractivity contribution >= 4 is 79.3 Å². The first-order valence-corrected chi connectivity index (χ1v) is 33.5. The van der Waals surface area contributed by atoms with Crippen LogP contribution in [-0.2, 0) is 54.9 Å². The van der Waals surface area contributed by atoms with Crippen LogP contribution in [0.3, 0.4) is 0 Å². The molecule has 0 radical (unpaired) electrons. The van der Waals surface area contributed by atoms with E-state index in [1.54, 1.807) is 29.1 Å². The smallest absolute Gasteiger partial charge is 0.332 e. The number of carbonyl (C=O) groups excluding carboxylic acids is 6. The summed E-state index contributed by atoms with van der Waals surface area (Å²) in [5, 5.41) is 8.89. The van der Waals surface area contributed by atoms with Crippen LogP contribution in [0.4, 0.5) is 24.5 Å². The number of aromatic nitrogens is 3. The molecule has 4 fully saturated rings. The Labute approximate surface area is 542 Å². The Morgan fingerprint density at radius 2 is 1.55 bits per heavy atom. The average molecular weight is 1330 g/mol. The Balaban J connectivity index is 0.696. The maximum Gasteiger partial charge on any atom is 0.332 e. The molecular weight excluding hydrogens is 1250 g/mol. The molecule has 4 atom stereocenters. The second kappa shape index (κ2) is 30.0. The first kappa shape index (κ1) is 68.0. The summed E-state index contributed by atoms with van der Waals surface area (Å²) in [4.78, 5) is 103. The number of thiazole rings is 1. The van der Waals surface area contributed by atoms with Crippen LogP contribution in [0.5, 0.6) is 0 Å². The van der Waals surface area contributed by atoms with E-state index in [9.17, 15) is 41.6 Å². The highest BCUT2D eigenvalue weighted by Crippen LogP contribution is 2.34. The van der Waals surface area contributed by atoms with Crippen molar-refractivity contribution < 1.29 is 64.6 Å². The predicted octanol–water partition coefficient (Wildman–Crippen LogP) is 5.84. The van der Waals surface area contributed by atoms with E-state index in [0.717, 1.165) is 95.0 Å². The molecule has 498 valence electrons. The number of methoxy groups -OCH3 is 1. The van der Waals surface area contributed by atoms with Gasteiger partial charge < -0.3 is 49.8 Å². The minimum Gasteiger partial charge on any atom is -0.459 e. The van der Waals surface area contributed by atoms with Gasteiger partial charge in [0.1, 0.15) is 49.0 Å². The molecular formula is C65H79F3N12O11S2. The highest BCUT2D eigenvalue weighted by atomic mass is 32.2. The lowest BCUT2D eigenvalue weighted by Gasteiger charge is -2.39. The van der Waals surface area contributed by atoms with Crippen molar-refractivity contribution in [2.24, 2.45) is 11.3 Å². The maximum absolute atomic E-state index is 15.9. The largest absolute Gasteiger partial charge is 0.459 e. The molecule has 93 heavy (non-hydrogen) atoms. The molecule has 0 spiro atoms. The van der Waals surface area contributed by atoms with Crippen molar-refractivity contribution in [3.63, 3.8) is 0 Å². The zero-order valence-electron chi connectivity index (χ0n) is 52.7. The molecule has 3 aromatic carbocycles. The number of nitrogens with one attached hydrogen (secondary N) is 5. The quantitative estimate of drug-likeness (QED) is 0.0256. The fourth-order valence-corrected chi connectivity index (χ4v) is 14.3. The number of nitrogens with zero attached hydrogens (tertiary/aromatic N) is 7. The second-order valence-corrected chi connectivity index (χ2v) is 27.6. The van der Waals surface area contributed by atoms with Gasteiger partial charge in [0.15, 0.2) is 5.82 Å². The van der Waals surface area contributed by atoms with Gasteiger partial charge in [-0.3, -0.25) is 33.6 Å². The van der Waals surface area contributed by atoms with Gasteiger partial charge in [0.2, 0.25) is 29.4 Å². The van der Waals surface area contributed by atoms with E-state index >= 15 is 8.78 Å². The van der Waals surface area contributed by atoms with Gasteiger partial charge in [-0.1, -0.05) is 57.2 Å². The lowest BCUT2D eigenvalue weighted by Crippen LogP contribution is -2.59. The molecule has 6 aromatic rings. The number of anilines is 2. The third-order valence-electron chi connectivity index (χ3n) is 17.4. The maximum atomic E-state index is 15.9. The number of carbonyl (C=O) groups is 6. The van der Waals surface area contributed by atoms with E-state index < -0.39 is 105 Å². The van der Waals surface area contributed by atoms with Crippen molar-refractivity contribution in [2.75, 3.05) is 115 Å². The van der Waals surface area contributed by atoms with E-state index in [-0.39, 0.29) is 63.6 Å². The number of aryl methyl sites for hydroxylation is 1. The zero-order chi connectivity index (χ0) is 66.1. The predicted molar refractivity (Wildman–Crippen MR) is 344 cm³/mol. The first-order chi connectivity index (χ1) is 44.5. The number of esters is 1. The number of pyridine rings is 1. The summed E-state index contributed by atoms with van der Waals surface area (Å²) in [6, 6.07) is 17.0. The second-order valence-electron chi connectivity index (χ2n) is 25.1. The number of amides is 4. The fraction of sp³-hybridized carbons (Fsp3) is 0.477. The molecule has 4 aliphatic heterocycles. The summed E-state index contributed by atoms with van der Waals surface area (Å²) >= 11 is 1.54. The number of rotatable bonds is 25. The summed E-state index contributed by atoms with van der Waals surface area (Å²) in [7, 11) is -2.88. The van der Waals surface area contributed by atoms with E-state index in [1.807, 2.05) is 80.9 Å². The van der Waals surface area contributed by atoms with Gasteiger partial charge in [0.25, 0.3) is 0 Å². The molecule has 0 aliphatic carbocycles. The number of halogens is 3. The van der Waals surface area contributed by atoms with Gasteiger partial charge in [0, 0.05) is 120 Å². The van der Waals surface area contributed by atoms with Crippen LogP contribution in [0.2, 0.25) is 0 Å². The minimum atomic E-state index is -4.39. The number of likely N-dealkylation sites (tertiary alicyclic amines) is 1. The molecule has 4 saturated heterocycles. The molecule has 4 amide bonds. The number of piperazine rings is 1. The van der Waals surface area contributed by atoms with Crippen LogP contribution >= 0.6 is 11.3 Å². The van der Waals surface area contributed by atoms with Crippen LogP contribution in [0.15, 0.2) is 84.6 Å². The summed E-state index contributed by atoms with van der Waals surface area (Å²) in [6.07, 6.45) is 2.62. The molecule has 0 unspecified atom stereocenters. The third-order valence-corrected chi connectivity index (χ3v) is 19.8. The molecule has 4 aliphatic rings. The topological polar surface area (TPSA) is 270 Å². The Bertz CT molecular complexity index is 3780. The van der Waals surface area contributed by atoms with Crippen molar-refractivity contribution in [2.45, 2.75) is 84.3 Å². The summed E-state index contributed by atoms with van der Waals surface area (Å²) < 4.78 is 89.6. The lowest BCUT2D eigenvalue weighted by atomic mass is 9.85. The molecule has 0 saturated carbocycles. The van der Waals surface area contributed by atoms with E-state index in [4.69, 9.17) is 14.2 Å². The van der Waals surface area contributed by atoms with Crippen LogP contribution in [0.25, 0.3) is 32.6 Å². The fourth-order valence-electron chi connectivity index (χ4n) is 12.2. The molecule has 28 heteroatoms. The van der Waals surface area contributed by atoms with E-state index in [0.29, 0.717) is 42.2 Å².